The number of hydrogen-bond acceptors (Lipinski definition) is 3. The second-order valence-corrected chi connectivity index (χ2v) is 4.70. The highest BCUT2D eigenvalue weighted by Crippen LogP contribution is 2.53. The molecule has 0 N–H and O–H groups in total. The molecule has 1 aromatic carbocycles. The van der Waals surface area contributed by atoms with E-state index in [0.717, 1.165) is 24.3 Å². The summed E-state index contributed by atoms with van der Waals surface area (Å²) < 4.78 is 118. The summed E-state index contributed by atoms with van der Waals surface area (Å²) in [6.07, 6.45) is -9.03. The van der Waals surface area contributed by atoms with Crippen molar-refractivity contribution in [3.05, 3.63) is 34.4 Å². The zero-order valence-electron chi connectivity index (χ0n) is 11.8. The van der Waals surface area contributed by atoms with E-state index in [1.54, 1.807) is 0 Å². The van der Waals surface area contributed by atoms with E-state index in [-0.39, 0.29) is 5.75 Å². The molecule has 0 spiro atoms. The average Bonchev–Trinajstić information content (AvgIpc) is 2.46. The van der Waals surface area contributed by atoms with Crippen molar-refractivity contribution in [3.8, 4) is 5.75 Å². The monoisotopic (exact) mass is 385 g/mol. The summed E-state index contributed by atoms with van der Waals surface area (Å²) in [4.78, 5) is 9.55. The molecule has 0 amide bonds. The van der Waals surface area contributed by atoms with Gasteiger partial charge in [0.05, 0.1) is 18.0 Å². The Morgan fingerprint density at radius 1 is 0.880 bits per heavy atom. The van der Waals surface area contributed by atoms with Gasteiger partial charge in [0.15, 0.2) is 0 Å². The zero-order valence-corrected chi connectivity index (χ0v) is 11.8. The number of nitro benzene ring substituents is 1. The van der Waals surface area contributed by atoms with Crippen molar-refractivity contribution in [1.82, 2.24) is 0 Å². The number of benzene rings is 1. The quantitative estimate of drug-likeness (QED) is 0.384. The number of nitrogens with zero attached hydrogens (tertiary/aromatic N) is 1. The standard InChI is InChI=1S/C12H8F9NO3/c13-9(14,10(15,16)11(17,18)12(19,20)21)5-6-25-8-3-1-7(2-4-8)22(23)24/h1-4H,5-6H2. The maximum absolute atomic E-state index is 13.2. The Morgan fingerprint density at radius 3 is 1.76 bits per heavy atom. The molecule has 0 saturated carbocycles. The molecule has 0 fully saturated rings. The summed E-state index contributed by atoms with van der Waals surface area (Å²) in [5.41, 5.74) is -0.408. The fourth-order valence-electron chi connectivity index (χ4n) is 1.53. The van der Waals surface area contributed by atoms with Crippen molar-refractivity contribution in [3.63, 3.8) is 0 Å². The molecule has 25 heavy (non-hydrogen) atoms. The van der Waals surface area contributed by atoms with Gasteiger partial charge in [-0.25, -0.2) is 0 Å². The average molecular weight is 385 g/mol. The fraction of sp³-hybridized carbons (Fsp3) is 0.500. The number of non-ortho nitro benzene ring substituents is 1. The Kier molecular flexibility index (Phi) is 5.50. The van der Waals surface area contributed by atoms with Gasteiger partial charge in [0, 0.05) is 12.1 Å². The van der Waals surface area contributed by atoms with Crippen LogP contribution in [0.25, 0.3) is 0 Å². The van der Waals surface area contributed by atoms with Crippen molar-refractivity contribution >= 4 is 5.69 Å². The van der Waals surface area contributed by atoms with Gasteiger partial charge in [-0.15, -0.1) is 0 Å². The lowest BCUT2D eigenvalue weighted by Gasteiger charge is -2.33. The minimum Gasteiger partial charge on any atom is -0.493 e. The lowest BCUT2D eigenvalue weighted by atomic mass is 10.0. The van der Waals surface area contributed by atoms with E-state index < -0.39 is 47.6 Å². The van der Waals surface area contributed by atoms with Crippen LogP contribution in [0.4, 0.5) is 45.2 Å². The minimum absolute atomic E-state index is 0.313. The van der Waals surface area contributed by atoms with Crippen LogP contribution in [0.15, 0.2) is 24.3 Å². The Morgan fingerprint density at radius 2 is 1.36 bits per heavy atom. The van der Waals surface area contributed by atoms with Crippen LogP contribution in [0.5, 0.6) is 5.75 Å². The normalized spacial score (nSPS) is 13.6. The lowest BCUT2D eigenvalue weighted by molar-refractivity contribution is -0.397. The predicted octanol–water partition coefficient (Wildman–Crippen LogP) is 4.83. The van der Waals surface area contributed by atoms with Crippen LogP contribution < -0.4 is 4.74 Å². The summed E-state index contributed by atoms with van der Waals surface area (Å²) in [5.74, 6) is -19.7. The topological polar surface area (TPSA) is 52.4 Å². The second kappa shape index (κ2) is 6.59. The Labute approximate surface area is 133 Å². The molecule has 0 aliphatic carbocycles. The number of rotatable bonds is 7. The molecular weight excluding hydrogens is 377 g/mol. The Bertz CT molecular complexity index is 613. The van der Waals surface area contributed by atoms with Gasteiger partial charge in [-0.05, 0) is 12.1 Å². The van der Waals surface area contributed by atoms with Crippen molar-refractivity contribution in [1.29, 1.82) is 0 Å². The molecule has 0 aromatic heterocycles. The molecule has 1 rings (SSSR count). The van der Waals surface area contributed by atoms with Crippen molar-refractivity contribution < 1.29 is 49.2 Å². The number of ether oxygens (including phenoxy) is 1. The molecule has 142 valence electrons. The highest BCUT2D eigenvalue weighted by atomic mass is 19.4. The molecular formula is C12H8F9NO3. The first-order chi connectivity index (χ1) is 11.1. The molecule has 0 unspecified atom stereocenters. The van der Waals surface area contributed by atoms with E-state index in [4.69, 9.17) is 0 Å². The van der Waals surface area contributed by atoms with Crippen molar-refractivity contribution in [2.45, 2.75) is 30.4 Å². The van der Waals surface area contributed by atoms with E-state index in [9.17, 15) is 49.6 Å². The maximum Gasteiger partial charge on any atom is 0.460 e. The van der Waals surface area contributed by atoms with E-state index in [2.05, 4.69) is 4.74 Å². The largest absolute Gasteiger partial charge is 0.493 e. The lowest BCUT2D eigenvalue weighted by Crippen LogP contribution is -2.61. The van der Waals surface area contributed by atoms with Crippen LogP contribution in [0.1, 0.15) is 6.42 Å². The van der Waals surface area contributed by atoms with Gasteiger partial charge in [0.1, 0.15) is 5.75 Å². The van der Waals surface area contributed by atoms with Gasteiger partial charge in [0.2, 0.25) is 0 Å². The fourth-order valence-corrected chi connectivity index (χ4v) is 1.53. The maximum atomic E-state index is 13.2. The van der Waals surface area contributed by atoms with E-state index >= 15 is 0 Å². The third kappa shape index (κ3) is 4.07. The highest BCUT2D eigenvalue weighted by molar-refractivity contribution is 5.35. The van der Waals surface area contributed by atoms with Gasteiger partial charge in [-0.3, -0.25) is 10.1 Å². The zero-order chi connectivity index (χ0) is 19.7. The highest BCUT2D eigenvalue weighted by Gasteiger charge is 2.81. The smallest absolute Gasteiger partial charge is 0.460 e. The van der Waals surface area contributed by atoms with Gasteiger partial charge >= 0.3 is 23.9 Å². The molecule has 0 aliphatic heterocycles. The molecule has 0 heterocycles. The number of alkyl halides is 9. The molecule has 0 saturated heterocycles. The number of halogens is 9. The summed E-state index contributed by atoms with van der Waals surface area (Å²) in [5, 5.41) is 10.4. The molecule has 0 radical (unpaired) electrons. The predicted molar refractivity (Wildman–Crippen MR) is 64.1 cm³/mol. The SMILES string of the molecule is O=[N+]([O-])c1ccc(OCCC(F)(F)C(F)(F)C(F)(F)C(F)(F)F)cc1. The van der Waals surface area contributed by atoms with Gasteiger partial charge in [0.25, 0.3) is 5.69 Å². The molecule has 4 nitrogen and oxygen atoms in total. The second-order valence-electron chi connectivity index (χ2n) is 4.70. The number of hydrogen-bond donors (Lipinski definition) is 0. The first kappa shape index (κ1) is 20.8. The van der Waals surface area contributed by atoms with Crippen LogP contribution >= 0.6 is 0 Å². The van der Waals surface area contributed by atoms with Crippen LogP contribution in [-0.4, -0.2) is 35.5 Å². The molecule has 0 bridgehead atoms. The van der Waals surface area contributed by atoms with Crippen molar-refractivity contribution in [2.75, 3.05) is 6.61 Å². The third-order valence-electron chi connectivity index (χ3n) is 2.94. The van der Waals surface area contributed by atoms with Gasteiger partial charge in [-0.2, -0.15) is 39.5 Å². The van der Waals surface area contributed by atoms with Gasteiger partial charge in [-0.1, -0.05) is 0 Å². The molecule has 0 aliphatic rings. The minimum atomic E-state index is -6.95. The van der Waals surface area contributed by atoms with Crippen LogP contribution in [0.3, 0.4) is 0 Å². The van der Waals surface area contributed by atoms with Crippen molar-refractivity contribution in [2.24, 2.45) is 0 Å². The summed E-state index contributed by atoms with van der Waals surface area (Å²) in [6, 6.07) is 3.55. The third-order valence-corrected chi connectivity index (χ3v) is 2.94. The van der Waals surface area contributed by atoms with Crippen LogP contribution in [0.2, 0.25) is 0 Å². The molecule has 13 heteroatoms. The Balaban J connectivity index is 2.79. The first-order valence-corrected chi connectivity index (χ1v) is 6.21. The van der Waals surface area contributed by atoms with Gasteiger partial charge < -0.3 is 4.74 Å². The van der Waals surface area contributed by atoms with E-state index in [1.165, 1.54) is 0 Å². The summed E-state index contributed by atoms with van der Waals surface area (Å²) in [6.45, 7) is -1.34. The first-order valence-electron chi connectivity index (χ1n) is 6.21. The van der Waals surface area contributed by atoms with Crippen LogP contribution in [-0.2, 0) is 0 Å². The molecule has 0 atom stereocenters. The van der Waals surface area contributed by atoms with Crippen LogP contribution in [0, 0.1) is 10.1 Å². The summed E-state index contributed by atoms with van der Waals surface area (Å²) in [7, 11) is 0. The Hall–Kier alpha value is -2.21. The number of nitro groups is 1. The molecule has 1 aromatic rings. The van der Waals surface area contributed by atoms with E-state index in [0.29, 0.717) is 0 Å². The summed E-state index contributed by atoms with van der Waals surface area (Å²) >= 11 is 0. The van der Waals surface area contributed by atoms with E-state index in [1.807, 2.05) is 0 Å².